The van der Waals surface area contributed by atoms with Crippen LogP contribution in [-0.4, -0.2) is 7.05 Å². The topological polar surface area (TPSA) is 12.0 Å². The molecule has 0 aliphatic heterocycles. The van der Waals surface area contributed by atoms with E-state index in [4.69, 9.17) is 11.6 Å². The molecule has 1 aromatic carbocycles. The van der Waals surface area contributed by atoms with E-state index in [1.54, 1.807) is 17.4 Å². The molecule has 5 heteroatoms. The number of hydrogen-bond acceptors (Lipinski definition) is 2. The number of rotatable bonds is 4. The third-order valence-electron chi connectivity index (χ3n) is 2.77. The molecule has 0 bridgehead atoms. The van der Waals surface area contributed by atoms with Crippen molar-refractivity contribution in [2.45, 2.75) is 12.5 Å². The van der Waals surface area contributed by atoms with E-state index in [0.29, 0.717) is 11.4 Å². The van der Waals surface area contributed by atoms with Crippen molar-refractivity contribution in [3.8, 4) is 0 Å². The molecule has 0 radical (unpaired) electrons. The normalized spacial score (nSPS) is 12.7. The predicted molar refractivity (Wildman–Crippen MR) is 84.0 cm³/mol. The Morgan fingerprint density at radius 1 is 1.44 bits per heavy atom. The van der Waals surface area contributed by atoms with Crippen LogP contribution in [0.1, 0.15) is 17.2 Å². The van der Waals surface area contributed by atoms with Gasteiger partial charge in [-0.25, -0.2) is 4.39 Å². The van der Waals surface area contributed by atoms with Crippen molar-refractivity contribution >= 4 is 45.5 Å². The molecule has 1 N–H and O–H groups in total. The van der Waals surface area contributed by atoms with Crippen molar-refractivity contribution in [3.63, 3.8) is 0 Å². The lowest BCUT2D eigenvalue weighted by molar-refractivity contribution is 0.585. The van der Waals surface area contributed by atoms with Gasteiger partial charge in [-0.05, 0) is 76.8 Å². The molecule has 0 aliphatic carbocycles. The van der Waals surface area contributed by atoms with Crippen LogP contribution >= 0.6 is 45.5 Å². The van der Waals surface area contributed by atoms with Gasteiger partial charge in [-0.1, -0.05) is 11.6 Å². The van der Waals surface area contributed by atoms with Gasteiger partial charge in [0, 0.05) is 11.1 Å². The largest absolute Gasteiger partial charge is 0.313 e. The van der Waals surface area contributed by atoms with Crippen molar-refractivity contribution in [2.24, 2.45) is 0 Å². The van der Waals surface area contributed by atoms with Gasteiger partial charge in [-0.2, -0.15) is 0 Å². The van der Waals surface area contributed by atoms with E-state index < -0.39 is 0 Å². The van der Waals surface area contributed by atoms with Crippen LogP contribution in [0.5, 0.6) is 0 Å². The minimum Gasteiger partial charge on any atom is -0.313 e. The number of likely N-dealkylation sites (N-methyl/N-ethyl adjacent to an activating group) is 1. The predicted octanol–water partition coefficient (Wildman–Crippen LogP) is 4.65. The minimum absolute atomic E-state index is 0.157. The quantitative estimate of drug-likeness (QED) is 0.743. The fraction of sp³-hybridized carbons (Fsp3) is 0.231. The van der Waals surface area contributed by atoms with Gasteiger partial charge in [-0.3, -0.25) is 0 Å². The van der Waals surface area contributed by atoms with Gasteiger partial charge >= 0.3 is 0 Å². The summed E-state index contributed by atoms with van der Waals surface area (Å²) in [4.78, 5) is 0. The van der Waals surface area contributed by atoms with Crippen molar-refractivity contribution in [3.05, 3.63) is 54.5 Å². The summed E-state index contributed by atoms with van der Waals surface area (Å²) in [7, 11) is 1.91. The standard InChI is InChI=1S/C13H12ClFINS/c1-17-12(9-6-13(16)18-7-9)5-8-4-10(15)2-3-11(8)14/h2-4,6-7,12,17H,5H2,1H3. The fourth-order valence-corrected chi connectivity index (χ4v) is 3.43. The molecule has 1 unspecified atom stereocenters. The summed E-state index contributed by atoms with van der Waals surface area (Å²) in [5, 5.41) is 5.98. The molecule has 18 heavy (non-hydrogen) atoms. The van der Waals surface area contributed by atoms with Gasteiger partial charge in [0.2, 0.25) is 0 Å². The van der Waals surface area contributed by atoms with Crippen LogP contribution < -0.4 is 5.32 Å². The lowest BCUT2D eigenvalue weighted by atomic mass is 10.0. The lowest BCUT2D eigenvalue weighted by Gasteiger charge is -2.16. The molecule has 0 aliphatic rings. The monoisotopic (exact) mass is 395 g/mol. The maximum absolute atomic E-state index is 13.2. The van der Waals surface area contributed by atoms with E-state index in [9.17, 15) is 4.39 Å². The van der Waals surface area contributed by atoms with Crippen LogP contribution in [0.25, 0.3) is 0 Å². The summed E-state index contributed by atoms with van der Waals surface area (Å²) >= 11 is 10.1. The molecule has 1 aromatic heterocycles. The molecular weight excluding hydrogens is 384 g/mol. The van der Waals surface area contributed by atoms with Crippen LogP contribution in [-0.2, 0) is 6.42 Å². The average Bonchev–Trinajstić information content (AvgIpc) is 2.77. The molecule has 1 heterocycles. The smallest absolute Gasteiger partial charge is 0.123 e. The van der Waals surface area contributed by atoms with Crippen LogP contribution in [0, 0.1) is 8.70 Å². The first-order valence-corrected chi connectivity index (χ1v) is 7.79. The molecule has 0 saturated carbocycles. The summed E-state index contributed by atoms with van der Waals surface area (Å²) in [5.41, 5.74) is 2.05. The van der Waals surface area contributed by atoms with E-state index in [0.717, 1.165) is 5.56 Å². The van der Waals surface area contributed by atoms with Gasteiger partial charge < -0.3 is 5.32 Å². The van der Waals surface area contributed by atoms with Gasteiger partial charge in [0.15, 0.2) is 0 Å². The number of halogens is 3. The summed E-state index contributed by atoms with van der Waals surface area (Å²) in [6.07, 6.45) is 0.680. The molecule has 0 saturated heterocycles. The van der Waals surface area contributed by atoms with E-state index in [2.05, 4.69) is 39.4 Å². The second-order valence-electron chi connectivity index (χ2n) is 3.97. The average molecular weight is 396 g/mol. The van der Waals surface area contributed by atoms with Crippen LogP contribution in [0.3, 0.4) is 0 Å². The Kier molecular flexibility index (Phi) is 5.00. The molecule has 1 atom stereocenters. The highest BCUT2D eigenvalue weighted by molar-refractivity contribution is 14.1. The Bertz CT molecular complexity index is 544. The first-order chi connectivity index (χ1) is 8.60. The molecular formula is C13H12ClFINS. The van der Waals surface area contributed by atoms with E-state index in [-0.39, 0.29) is 11.9 Å². The second-order valence-corrected chi connectivity index (χ2v) is 7.18. The SMILES string of the molecule is CNC(Cc1cc(F)ccc1Cl)c1csc(I)c1. The van der Waals surface area contributed by atoms with Crippen molar-refractivity contribution < 1.29 is 4.39 Å². The first kappa shape index (κ1) is 14.2. The number of hydrogen-bond donors (Lipinski definition) is 1. The highest BCUT2D eigenvalue weighted by Gasteiger charge is 2.14. The molecule has 2 aromatic rings. The third kappa shape index (κ3) is 3.44. The molecule has 96 valence electrons. The Balaban J connectivity index is 2.22. The maximum atomic E-state index is 13.2. The van der Waals surface area contributed by atoms with Crippen molar-refractivity contribution in [1.82, 2.24) is 5.32 Å². The zero-order valence-corrected chi connectivity index (χ0v) is 13.4. The number of nitrogens with one attached hydrogen (secondary N) is 1. The molecule has 1 nitrogen and oxygen atoms in total. The van der Waals surface area contributed by atoms with E-state index in [1.807, 2.05) is 7.05 Å². The maximum Gasteiger partial charge on any atom is 0.123 e. The number of thiophene rings is 1. The highest BCUT2D eigenvalue weighted by Crippen LogP contribution is 2.27. The molecule has 2 rings (SSSR count). The Morgan fingerprint density at radius 3 is 2.83 bits per heavy atom. The van der Waals surface area contributed by atoms with Gasteiger partial charge in [0.05, 0.1) is 2.88 Å². The summed E-state index contributed by atoms with van der Waals surface area (Å²) in [6.45, 7) is 0. The third-order valence-corrected chi connectivity index (χ3v) is 4.95. The van der Waals surface area contributed by atoms with Crippen LogP contribution in [0.15, 0.2) is 29.6 Å². The van der Waals surface area contributed by atoms with Crippen molar-refractivity contribution in [1.29, 1.82) is 0 Å². The van der Waals surface area contributed by atoms with E-state index in [1.165, 1.54) is 20.6 Å². The Hall–Kier alpha value is -0.170. The van der Waals surface area contributed by atoms with Crippen LogP contribution in [0.2, 0.25) is 5.02 Å². The van der Waals surface area contributed by atoms with Gasteiger partial charge in [0.1, 0.15) is 5.82 Å². The Labute approximate surface area is 129 Å². The molecule has 0 spiro atoms. The summed E-state index contributed by atoms with van der Waals surface area (Å²) < 4.78 is 14.5. The van der Waals surface area contributed by atoms with Crippen molar-refractivity contribution in [2.75, 3.05) is 7.05 Å². The minimum atomic E-state index is -0.246. The van der Waals surface area contributed by atoms with E-state index >= 15 is 0 Å². The second kappa shape index (κ2) is 6.32. The van der Waals surface area contributed by atoms with Gasteiger partial charge in [-0.15, -0.1) is 11.3 Å². The lowest BCUT2D eigenvalue weighted by Crippen LogP contribution is -2.18. The zero-order valence-electron chi connectivity index (χ0n) is 9.71. The fourth-order valence-electron chi connectivity index (χ4n) is 1.81. The Morgan fingerprint density at radius 2 is 2.22 bits per heavy atom. The zero-order chi connectivity index (χ0) is 13.1. The van der Waals surface area contributed by atoms with Gasteiger partial charge in [0.25, 0.3) is 0 Å². The summed E-state index contributed by atoms with van der Waals surface area (Å²) in [5.74, 6) is -0.246. The molecule has 0 amide bonds. The van der Waals surface area contributed by atoms with Crippen LogP contribution in [0.4, 0.5) is 4.39 Å². The molecule has 0 fully saturated rings. The first-order valence-electron chi connectivity index (χ1n) is 5.45. The highest BCUT2D eigenvalue weighted by atomic mass is 127. The number of benzene rings is 1. The summed E-state index contributed by atoms with van der Waals surface area (Å²) in [6, 6.07) is 6.79.